The molecule has 20 heavy (non-hydrogen) atoms. The minimum Gasteiger partial charge on any atom is -0.481 e. The molecule has 1 aliphatic heterocycles. The molecule has 0 bridgehead atoms. The standard InChI is InChI=1S/C15H28N2O3/c1-4-6-15(14(19)20)7-9-17(10-8-15)13(18)12(16)11(3)5-2/h11-12H,4-10,16H2,1-3H3,(H,19,20)/t11-,12-/m0/s1. The molecule has 1 rings (SSSR count). The van der Waals surface area contributed by atoms with E-state index in [0.717, 1.165) is 12.8 Å². The lowest BCUT2D eigenvalue weighted by molar-refractivity contribution is -0.155. The van der Waals surface area contributed by atoms with E-state index in [0.29, 0.717) is 32.4 Å². The van der Waals surface area contributed by atoms with Gasteiger partial charge in [-0.15, -0.1) is 0 Å². The maximum absolute atomic E-state index is 12.3. The molecule has 1 heterocycles. The summed E-state index contributed by atoms with van der Waals surface area (Å²) in [5.74, 6) is -0.600. The average Bonchev–Trinajstić information content (AvgIpc) is 2.45. The van der Waals surface area contributed by atoms with Crippen molar-refractivity contribution in [3.8, 4) is 0 Å². The van der Waals surface area contributed by atoms with Crippen molar-refractivity contribution in [1.82, 2.24) is 4.90 Å². The van der Waals surface area contributed by atoms with Gasteiger partial charge >= 0.3 is 5.97 Å². The van der Waals surface area contributed by atoms with Crippen LogP contribution in [0.1, 0.15) is 52.9 Å². The van der Waals surface area contributed by atoms with Gasteiger partial charge in [-0.25, -0.2) is 0 Å². The fourth-order valence-electron chi connectivity index (χ4n) is 2.91. The first kappa shape index (κ1) is 17.0. The van der Waals surface area contributed by atoms with Gasteiger partial charge in [0, 0.05) is 13.1 Å². The van der Waals surface area contributed by atoms with Crippen LogP contribution in [0.2, 0.25) is 0 Å². The number of rotatable bonds is 6. The van der Waals surface area contributed by atoms with Crippen molar-refractivity contribution in [3.63, 3.8) is 0 Å². The van der Waals surface area contributed by atoms with E-state index < -0.39 is 17.4 Å². The number of carboxylic acids is 1. The van der Waals surface area contributed by atoms with E-state index >= 15 is 0 Å². The number of hydrogen-bond donors (Lipinski definition) is 2. The predicted molar refractivity (Wildman–Crippen MR) is 78.2 cm³/mol. The Kier molecular flexibility index (Phi) is 5.99. The van der Waals surface area contributed by atoms with Crippen molar-refractivity contribution in [2.75, 3.05) is 13.1 Å². The fraction of sp³-hybridized carbons (Fsp3) is 0.867. The largest absolute Gasteiger partial charge is 0.481 e. The summed E-state index contributed by atoms with van der Waals surface area (Å²) in [5, 5.41) is 9.45. The Bertz CT molecular complexity index is 349. The molecule has 1 aliphatic rings. The number of carbonyl (C=O) groups excluding carboxylic acids is 1. The van der Waals surface area contributed by atoms with Gasteiger partial charge in [0.2, 0.25) is 5.91 Å². The zero-order valence-electron chi connectivity index (χ0n) is 12.9. The molecule has 0 aromatic rings. The van der Waals surface area contributed by atoms with E-state index in [2.05, 4.69) is 0 Å². The highest BCUT2D eigenvalue weighted by molar-refractivity contribution is 5.82. The first-order valence-corrected chi connectivity index (χ1v) is 7.65. The van der Waals surface area contributed by atoms with Crippen LogP contribution in [0, 0.1) is 11.3 Å². The molecular weight excluding hydrogens is 256 g/mol. The van der Waals surface area contributed by atoms with Gasteiger partial charge in [0.25, 0.3) is 0 Å². The van der Waals surface area contributed by atoms with Crippen molar-refractivity contribution in [2.24, 2.45) is 17.1 Å². The molecule has 0 aliphatic carbocycles. The third kappa shape index (κ3) is 3.51. The molecule has 5 nitrogen and oxygen atoms in total. The maximum Gasteiger partial charge on any atom is 0.309 e. The summed E-state index contributed by atoms with van der Waals surface area (Å²) in [6.45, 7) is 7.02. The second-order valence-corrected chi connectivity index (χ2v) is 6.07. The zero-order chi connectivity index (χ0) is 15.3. The lowest BCUT2D eigenvalue weighted by Crippen LogP contribution is -2.52. The van der Waals surface area contributed by atoms with Crippen LogP contribution in [0.4, 0.5) is 0 Å². The van der Waals surface area contributed by atoms with Crippen LogP contribution in [0.3, 0.4) is 0 Å². The normalized spacial score (nSPS) is 21.3. The summed E-state index contributed by atoms with van der Waals surface area (Å²) in [4.78, 5) is 25.5. The quantitative estimate of drug-likeness (QED) is 0.779. The molecule has 116 valence electrons. The Morgan fingerprint density at radius 3 is 2.25 bits per heavy atom. The number of carbonyl (C=O) groups is 2. The Hall–Kier alpha value is -1.10. The average molecular weight is 284 g/mol. The van der Waals surface area contributed by atoms with E-state index in [9.17, 15) is 14.7 Å². The Morgan fingerprint density at radius 1 is 1.30 bits per heavy atom. The molecule has 0 saturated carbocycles. The van der Waals surface area contributed by atoms with Crippen molar-refractivity contribution >= 4 is 11.9 Å². The van der Waals surface area contributed by atoms with E-state index in [1.165, 1.54) is 0 Å². The van der Waals surface area contributed by atoms with Gasteiger partial charge in [-0.1, -0.05) is 33.6 Å². The molecule has 1 fully saturated rings. The van der Waals surface area contributed by atoms with Gasteiger partial charge in [0.15, 0.2) is 0 Å². The molecule has 1 saturated heterocycles. The number of hydrogen-bond acceptors (Lipinski definition) is 3. The van der Waals surface area contributed by atoms with Crippen molar-refractivity contribution in [2.45, 2.75) is 58.9 Å². The summed E-state index contributed by atoms with van der Waals surface area (Å²) >= 11 is 0. The van der Waals surface area contributed by atoms with Crippen molar-refractivity contribution < 1.29 is 14.7 Å². The highest BCUT2D eigenvalue weighted by Crippen LogP contribution is 2.36. The number of likely N-dealkylation sites (tertiary alicyclic amines) is 1. The van der Waals surface area contributed by atoms with E-state index in [1.54, 1.807) is 4.90 Å². The number of amides is 1. The third-order valence-corrected chi connectivity index (χ3v) is 4.76. The van der Waals surface area contributed by atoms with Gasteiger partial charge in [0.05, 0.1) is 11.5 Å². The van der Waals surface area contributed by atoms with Gasteiger partial charge in [-0.2, -0.15) is 0 Å². The Balaban J connectivity index is 2.65. The second kappa shape index (κ2) is 7.07. The zero-order valence-corrected chi connectivity index (χ0v) is 12.9. The van der Waals surface area contributed by atoms with Crippen LogP contribution >= 0.6 is 0 Å². The third-order valence-electron chi connectivity index (χ3n) is 4.76. The van der Waals surface area contributed by atoms with Crippen LogP contribution < -0.4 is 5.73 Å². The first-order valence-electron chi connectivity index (χ1n) is 7.65. The highest BCUT2D eigenvalue weighted by Gasteiger charge is 2.42. The van der Waals surface area contributed by atoms with Gasteiger partial charge in [-0.05, 0) is 25.2 Å². The minimum atomic E-state index is -0.724. The molecule has 5 heteroatoms. The summed E-state index contributed by atoms with van der Waals surface area (Å²) < 4.78 is 0. The Labute approximate surface area is 121 Å². The molecule has 2 atom stereocenters. The van der Waals surface area contributed by atoms with E-state index in [-0.39, 0.29) is 11.8 Å². The molecule has 1 amide bonds. The van der Waals surface area contributed by atoms with E-state index in [4.69, 9.17) is 5.73 Å². The molecular formula is C15H28N2O3. The molecule has 0 unspecified atom stereocenters. The molecule has 0 aromatic heterocycles. The van der Waals surface area contributed by atoms with Crippen LogP contribution in [-0.4, -0.2) is 41.0 Å². The van der Waals surface area contributed by atoms with Gasteiger partial charge < -0.3 is 15.7 Å². The highest BCUT2D eigenvalue weighted by atomic mass is 16.4. The van der Waals surface area contributed by atoms with Crippen molar-refractivity contribution in [3.05, 3.63) is 0 Å². The topological polar surface area (TPSA) is 83.6 Å². The lowest BCUT2D eigenvalue weighted by Gasteiger charge is -2.40. The number of aliphatic carboxylic acids is 1. The molecule has 0 spiro atoms. The molecule has 0 aromatic carbocycles. The molecule has 0 radical (unpaired) electrons. The fourth-order valence-corrected chi connectivity index (χ4v) is 2.91. The van der Waals surface area contributed by atoms with Crippen LogP contribution in [0.5, 0.6) is 0 Å². The maximum atomic E-state index is 12.3. The summed E-state index contributed by atoms with van der Waals surface area (Å²) in [5.41, 5.74) is 5.33. The van der Waals surface area contributed by atoms with E-state index in [1.807, 2.05) is 20.8 Å². The SMILES string of the molecule is CCCC1(C(=O)O)CCN(C(=O)[C@@H](N)[C@@H](C)CC)CC1. The minimum absolute atomic E-state index is 0.0326. The molecule has 3 N–H and O–H groups in total. The summed E-state index contributed by atoms with van der Waals surface area (Å²) in [7, 11) is 0. The Morgan fingerprint density at radius 2 is 1.85 bits per heavy atom. The first-order chi connectivity index (χ1) is 9.38. The van der Waals surface area contributed by atoms with Crippen LogP contribution in [-0.2, 0) is 9.59 Å². The summed E-state index contributed by atoms with van der Waals surface area (Å²) in [6, 6.07) is -0.469. The lowest BCUT2D eigenvalue weighted by atomic mass is 9.75. The number of nitrogens with zero attached hydrogens (tertiary/aromatic N) is 1. The van der Waals surface area contributed by atoms with Crippen LogP contribution in [0.25, 0.3) is 0 Å². The monoisotopic (exact) mass is 284 g/mol. The summed E-state index contributed by atoms with van der Waals surface area (Å²) in [6.07, 6.45) is 3.48. The predicted octanol–water partition coefficient (Wildman–Crippen LogP) is 1.85. The number of nitrogens with two attached hydrogens (primary N) is 1. The number of carboxylic acid groups (broad SMARTS) is 1. The van der Waals surface area contributed by atoms with Crippen molar-refractivity contribution in [1.29, 1.82) is 0 Å². The van der Waals surface area contributed by atoms with Gasteiger partial charge in [-0.3, -0.25) is 9.59 Å². The second-order valence-electron chi connectivity index (χ2n) is 6.07. The van der Waals surface area contributed by atoms with Gasteiger partial charge in [0.1, 0.15) is 0 Å². The number of piperidine rings is 1. The smallest absolute Gasteiger partial charge is 0.309 e. The van der Waals surface area contributed by atoms with Crippen LogP contribution in [0.15, 0.2) is 0 Å².